The lowest BCUT2D eigenvalue weighted by Crippen LogP contribution is -2.13. The third-order valence-electron chi connectivity index (χ3n) is 2.54. The molecule has 1 N–H and O–H groups in total. The molecule has 72 valence electrons. The zero-order valence-electron chi connectivity index (χ0n) is 8.25. The third-order valence-corrected chi connectivity index (χ3v) is 2.54. The van der Waals surface area contributed by atoms with Gasteiger partial charge in [0.1, 0.15) is 11.6 Å². The van der Waals surface area contributed by atoms with Crippen molar-refractivity contribution in [3.8, 4) is 0 Å². The third kappa shape index (κ3) is 1.72. The summed E-state index contributed by atoms with van der Waals surface area (Å²) in [6.07, 6.45) is 3.54. The number of hydrogen-bond acceptors (Lipinski definition) is 3. The molecule has 1 aromatic heterocycles. The summed E-state index contributed by atoms with van der Waals surface area (Å²) in [5.41, 5.74) is 0. The number of likely N-dealkylation sites (N-methyl/N-ethyl adjacent to an activating group) is 1. The first kappa shape index (κ1) is 8.69. The monoisotopic (exact) mass is 180 g/mol. The van der Waals surface area contributed by atoms with Crippen LogP contribution in [0.15, 0.2) is 0 Å². The lowest BCUT2D eigenvalue weighted by Gasteiger charge is -2.01. The molecule has 0 amide bonds. The van der Waals surface area contributed by atoms with Gasteiger partial charge >= 0.3 is 0 Å². The second-order valence-electron chi connectivity index (χ2n) is 3.66. The lowest BCUT2D eigenvalue weighted by molar-refractivity contribution is 0.700. The van der Waals surface area contributed by atoms with Gasteiger partial charge in [0.25, 0.3) is 0 Å². The van der Waals surface area contributed by atoms with E-state index in [1.54, 1.807) is 0 Å². The van der Waals surface area contributed by atoms with Crippen molar-refractivity contribution in [2.45, 2.75) is 25.2 Å². The maximum absolute atomic E-state index is 4.22. The fourth-order valence-corrected chi connectivity index (χ4v) is 1.53. The van der Waals surface area contributed by atoms with E-state index in [-0.39, 0.29) is 0 Å². The van der Waals surface area contributed by atoms with Crippen molar-refractivity contribution in [2.24, 2.45) is 7.05 Å². The maximum atomic E-state index is 4.22. The fourth-order valence-electron chi connectivity index (χ4n) is 1.53. The normalized spacial score (nSPS) is 16.5. The van der Waals surface area contributed by atoms with E-state index in [9.17, 15) is 0 Å². The topological polar surface area (TPSA) is 42.7 Å². The van der Waals surface area contributed by atoms with Crippen LogP contribution in [0.2, 0.25) is 0 Å². The van der Waals surface area contributed by atoms with Crippen LogP contribution in [0.3, 0.4) is 0 Å². The zero-order valence-corrected chi connectivity index (χ0v) is 8.25. The highest BCUT2D eigenvalue weighted by Crippen LogP contribution is 2.38. The van der Waals surface area contributed by atoms with E-state index in [1.165, 1.54) is 18.7 Å². The van der Waals surface area contributed by atoms with Gasteiger partial charge in [-0.25, -0.2) is 0 Å². The molecule has 1 saturated carbocycles. The number of nitrogens with zero attached hydrogens (tertiary/aromatic N) is 3. The van der Waals surface area contributed by atoms with Crippen molar-refractivity contribution in [3.63, 3.8) is 0 Å². The first-order chi connectivity index (χ1) is 6.33. The van der Waals surface area contributed by atoms with Crippen LogP contribution in [0.25, 0.3) is 0 Å². The van der Waals surface area contributed by atoms with E-state index in [1.807, 2.05) is 7.05 Å². The number of nitrogens with one attached hydrogen (secondary N) is 1. The fraction of sp³-hybridized carbons (Fsp3) is 0.778. The van der Waals surface area contributed by atoms with Crippen molar-refractivity contribution >= 4 is 0 Å². The molecule has 1 fully saturated rings. The summed E-state index contributed by atoms with van der Waals surface area (Å²) in [5, 5.41) is 11.5. The molecule has 4 nitrogen and oxygen atoms in total. The molecule has 0 unspecified atom stereocenters. The smallest absolute Gasteiger partial charge is 0.135 e. The van der Waals surface area contributed by atoms with Gasteiger partial charge in [0, 0.05) is 25.9 Å². The Balaban J connectivity index is 2.08. The Hall–Kier alpha value is -0.900. The van der Waals surface area contributed by atoms with Crippen LogP contribution in [0.4, 0.5) is 0 Å². The van der Waals surface area contributed by atoms with E-state index in [0.717, 1.165) is 18.8 Å². The van der Waals surface area contributed by atoms with Crippen LogP contribution < -0.4 is 5.32 Å². The second-order valence-corrected chi connectivity index (χ2v) is 3.66. The van der Waals surface area contributed by atoms with Gasteiger partial charge in [-0.2, -0.15) is 0 Å². The SMILES string of the molecule is CNCCc1nnc(C2CC2)n1C. The molecule has 4 heteroatoms. The number of rotatable bonds is 4. The summed E-state index contributed by atoms with van der Waals surface area (Å²) < 4.78 is 2.15. The van der Waals surface area contributed by atoms with Crippen molar-refractivity contribution in [1.29, 1.82) is 0 Å². The molecule has 13 heavy (non-hydrogen) atoms. The van der Waals surface area contributed by atoms with Crippen LogP contribution in [-0.2, 0) is 13.5 Å². The minimum Gasteiger partial charge on any atom is -0.319 e. The summed E-state index contributed by atoms with van der Waals surface area (Å²) >= 11 is 0. The molecule has 2 rings (SSSR count). The maximum Gasteiger partial charge on any atom is 0.135 e. The highest BCUT2D eigenvalue weighted by molar-refractivity contribution is 5.07. The molecule has 0 atom stereocenters. The van der Waals surface area contributed by atoms with Gasteiger partial charge in [-0.1, -0.05) is 0 Å². The Morgan fingerprint density at radius 2 is 2.23 bits per heavy atom. The van der Waals surface area contributed by atoms with Crippen LogP contribution >= 0.6 is 0 Å². The van der Waals surface area contributed by atoms with E-state index in [0.29, 0.717) is 5.92 Å². The Morgan fingerprint density at radius 3 is 2.85 bits per heavy atom. The summed E-state index contributed by atoms with van der Waals surface area (Å²) in [5.74, 6) is 2.96. The quantitative estimate of drug-likeness (QED) is 0.731. The molecule has 0 spiro atoms. The van der Waals surface area contributed by atoms with E-state index >= 15 is 0 Å². The average molecular weight is 180 g/mol. The van der Waals surface area contributed by atoms with Crippen LogP contribution in [-0.4, -0.2) is 28.4 Å². The Bertz CT molecular complexity index is 288. The summed E-state index contributed by atoms with van der Waals surface area (Å²) in [6.45, 7) is 0.969. The molecule has 1 aromatic rings. The first-order valence-corrected chi connectivity index (χ1v) is 4.85. The first-order valence-electron chi connectivity index (χ1n) is 4.85. The van der Waals surface area contributed by atoms with Crippen molar-refractivity contribution in [2.75, 3.05) is 13.6 Å². The molecule has 1 aliphatic carbocycles. The van der Waals surface area contributed by atoms with Gasteiger partial charge in [0.15, 0.2) is 0 Å². The van der Waals surface area contributed by atoms with E-state index in [4.69, 9.17) is 0 Å². The molecular weight excluding hydrogens is 164 g/mol. The standard InChI is InChI=1S/C9H16N4/c1-10-6-5-8-11-12-9(13(8)2)7-3-4-7/h7,10H,3-6H2,1-2H3. The van der Waals surface area contributed by atoms with Gasteiger partial charge < -0.3 is 9.88 Å². The molecule has 0 saturated heterocycles. The van der Waals surface area contributed by atoms with Crippen molar-refractivity contribution in [1.82, 2.24) is 20.1 Å². The minimum absolute atomic E-state index is 0.695. The molecule has 1 aliphatic rings. The highest BCUT2D eigenvalue weighted by Gasteiger charge is 2.28. The van der Waals surface area contributed by atoms with Gasteiger partial charge in [-0.3, -0.25) is 0 Å². The Kier molecular flexibility index (Phi) is 2.31. The second kappa shape index (κ2) is 3.46. The highest BCUT2D eigenvalue weighted by atomic mass is 15.3. The predicted molar refractivity (Wildman–Crippen MR) is 50.6 cm³/mol. The zero-order chi connectivity index (χ0) is 9.26. The van der Waals surface area contributed by atoms with E-state index in [2.05, 4.69) is 27.1 Å². The largest absolute Gasteiger partial charge is 0.319 e. The number of aromatic nitrogens is 3. The molecule has 0 bridgehead atoms. The molecule has 0 radical (unpaired) electrons. The van der Waals surface area contributed by atoms with Crippen LogP contribution in [0.5, 0.6) is 0 Å². The summed E-state index contributed by atoms with van der Waals surface area (Å²) in [4.78, 5) is 0. The van der Waals surface area contributed by atoms with E-state index < -0.39 is 0 Å². The molecule has 0 aromatic carbocycles. The minimum atomic E-state index is 0.695. The Morgan fingerprint density at radius 1 is 1.46 bits per heavy atom. The molecule has 0 aliphatic heterocycles. The lowest BCUT2D eigenvalue weighted by atomic mass is 10.3. The molecule has 1 heterocycles. The molecular formula is C9H16N4. The van der Waals surface area contributed by atoms with Crippen molar-refractivity contribution < 1.29 is 0 Å². The van der Waals surface area contributed by atoms with Gasteiger partial charge in [-0.15, -0.1) is 10.2 Å². The Labute approximate surface area is 78.4 Å². The van der Waals surface area contributed by atoms with Crippen LogP contribution in [0, 0.1) is 0 Å². The van der Waals surface area contributed by atoms with Crippen molar-refractivity contribution in [3.05, 3.63) is 11.6 Å². The summed E-state index contributed by atoms with van der Waals surface area (Å²) in [7, 11) is 4.02. The van der Waals surface area contributed by atoms with Gasteiger partial charge in [0.2, 0.25) is 0 Å². The van der Waals surface area contributed by atoms with Crippen LogP contribution in [0.1, 0.15) is 30.4 Å². The van der Waals surface area contributed by atoms with Gasteiger partial charge in [-0.05, 0) is 19.9 Å². The number of hydrogen-bond donors (Lipinski definition) is 1. The van der Waals surface area contributed by atoms with Gasteiger partial charge in [0.05, 0.1) is 0 Å². The predicted octanol–water partition coefficient (Wildman–Crippen LogP) is 0.454. The summed E-state index contributed by atoms with van der Waals surface area (Å²) in [6, 6.07) is 0. The average Bonchev–Trinajstić information content (AvgIpc) is 2.89.